The Morgan fingerprint density at radius 3 is 2.47 bits per heavy atom. The minimum Gasteiger partial charge on any atom is -0.445 e. The van der Waals surface area contributed by atoms with Crippen LogP contribution in [-0.4, -0.2) is 103 Å². The highest BCUT2D eigenvalue weighted by Crippen LogP contribution is 2.24. The maximum Gasteiger partial charge on any atom is 0.410 e. The number of benzene rings is 1. The Labute approximate surface area is 188 Å². The van der Waals surface area contributed by atoms with E-state index in [1.807, 2.05) is 40.1 Å². The summed E-state index contributed by atoms with van der Waals surface area (Å²) in [5.41, 5.74) is 0.958. The number of hydrogen-bond acceptors (Lipinski definition) is 6. The van der Waals surface area contributed by atoms with Crippen molar-refractivity contribution in [1.82, 2.24) is 19.6 Å². The molecule has 1 aromatic rings. The van der Waals surface area contributed by atoms with Crippen molar-refractivity contribution in [1.29, 1.82) is 0 Å². The summed E-state index contributed by atoms with van der Waals surface area (Å²) >= 11 is 0. The van der Waals surface area contributed by atoms with Crippen LogP contribution in [0.15, 0.2) is 30.3 Å². The van der Waals surface area contributed by atoms with Gasteiger partial charge >= 0.3 is 12.1 Å². The molecule has 3 saturated heterocycles. The normalized spacial score (nSPS) is 22.0. The van der Waals surface area contributed by atoms with Crippen molar-refractivity contribution >= 4 is 18.4 Å². The predicted molar refractivity (Wildman–Crippen MR) is 117 cm³/mol. The molecule has 32 heavy (non-hydrogen) atoms. The number of amides is 3. The Morgan fingerprint density at radius 1 is 1.06 bits per heavy atom. The maximum atomic E-state index is 13.3. The van der Waals surface area contributed by atoms with E-state index in [9.17, 15) is 14.4 Å². The van der Waals surface area contributed by atoms with E-state index in [1.165, 1.54) is 0 Å². The molecule has 0 aromatic heterocycles. The van der Waals surface area contributed by atoms with Crippen LogP contribution in [0.2, 0.25) is 0 Å². The highest BCUT2D eigenvalue weighted by molar-refractivity contribution is 5.79. The van der Waals surface area contributed by atoms with Crippen molar-refractivity contribution in [2.75, 3.05) is 52.5 Å². The average molecular weight is 445 g/mol. The second kappa shape index (κ2) is 10.8. The van der Waals surface area contributed by atoms with Crippen molar-refractivity contribution in [2.24, 2.45) is 0 Å². The lowest BCUT2D eigenvalue weighted by atomic mass is 10.0. The lowest BCUT2D eigenvalue weighted by Gasteiger charge is -2.46. The van der Waals surface area contributed by atoms with E-state index in [0.717, 1.165) is 18.3 Å². The van der Waals surface area contributed by atoms with Gasteiger partial charge in [0.15, 0.2) is 6.29 Å². The van der Waals surface area contributed by atoms with Crippen LogP contribution < -0.4 is 0 Å². The first-order valence-electron chi connectivity index (χ1n) is 11.5. The summed E-state index contributed by atoms with van der Waals surface area (Å²) < 4.78 is 10.8. The number of carbonyl (C=O) groups is 3. The van der Waals surface area contributed by atoms with E-state index in [2.05, 4.69) is 0 Å². The van der Waals surface area contributed by atoms with Crippen molar-refractivity contribution < 1.29 is 23.9 Å². The molecule has 0 spiro atoms. The molecule has 0 saturated carbocycles. The number of aldehydes is 1. The van der Waals surface area contributed by atoms with Gasteiger partial charge in [-0.15, -0.1) is 0 Å². The van der Waals surface area contributed by atoms with Crippen LogP contribution in [0.1, 0.15) is 24.8 Å². The fraction of sp³-hybridized carbons (Fsp3) is 0.609. The van der Waals surface area contributed by atoms with Crippen molar-refractivity contribution in [2.45, 2.75) is 38.1 Å². The molecule has 0 radical (unpaired) electrons. The smallest absolute Gasteiger partial charge is 0.410 e. The molecule has 3 aliphatic rings. The number of ether oxygens (including phenoxy) is 2. The van der Waals surface area contributed by atoms with Gasteiger partial charge in [0.25, 0.3) is 0 Å². The number of urea groups is 1. The van der Waals surface area contributed by atoms with Crippen LogP contribution in [0.5, 0.6) is 0 Å². The number of carbonyl (C=O) groups excluding carboxylic acids is 3. The van der Waals surface area contributed by atoms with Gasteiger partial charge in [0.2, 0.25) is 0 Å². The Balaban J connectivity index is 1.29. The van der Waals surface area contributed by atoms with Gasteiger partial charge in [-0.05, 0) is 24.8 Å². The summed E-state index contributed by atoms with van der Waals surface area (Å²) in [6.45, 7) is 5.10. The van der Waals surface area contributed by atoms with Crippen LogP contribution in [0.25, 0.3) is 0 Å². The third-order valence-electron chi connectivity index (χ3n) is 6.52. The van der Waals surface area contributed by atoms with Crippen LogP contribution in [0.3, 0.4) is 0 Å². The lowest BCUT2D eigenvalue weighted by molar-refractivity contribution is -0.121. The Bertz CT molecular complexity index is 778. The second-order valence-electron chi connectivity index (χ2n) is 8.48. The highest BCUT2D eigenvalue weighted by Gasteiger charge is 2.38. The van der Waals surface area contributed by atoms with Crippen LogP contribution in [-0.2, 0) is 20.9 Å². The van der Waals surface area contributed by atoms with Gasteiger partial charge in [0.1, 0.15) is 12.8 Å². The molecule has 0 aliphatic carbocycles. The molecule has 9 nitrogen and oxygen atoms in total. The Hall–Kier alpha value is -2.65. The Morgan fingerprint density at radius 2 is 1.78 bits per heavy atom. The van der Waals surface area contributed by atoms with Gasteiger partial charge in [0, 0.05) is 45.3 Å². The van der Waals surface area contributed by atoms with Gasteiger partial charge in [-0.2, -0.15) is 0 Å². The summed E-state index contributed by atoms with van der Waals surface area (Å²) in [6.07, 6.45) is 2.28. The largest absolute Gasteiger partial charge is 0.445 e. The van der Waals surface area contributed by atoms with Crippen LogP contribution in [0.4, 0.5) is 9.59 Å². The molecule has 3 heterocycles. The van der Waals surface area contributed by atoms with Crippen LogP contribution in [0, 0.1) is 0 Å². The van der Waals surface area contributed by atoms with E-state index in [0.29, 0.717) is 65.3 Å². The molecule has 1 atom stereocenters. The number of rotatable bonds is 6. The first-order valence-corrected chi connectivity index (χ1v) is 11.5. The lowest BCUT2D eigenvalue weighted by Crippen LogP contribution is -2.63. The molecular formula is C23H32N4O5. The van der Waals surface area contributed by atoms with Crippen molar-refractivity contribution in [3.05, 3.63) is 35.9 Å². The topological polar surface area (TPSA) is 82.6 Å². The SMILES string of the molecule is O=CC(N1CCOCC1)N1CCCN(C2CCN(C(=O)OCc3ccccc3)CC2)C1=O. The molecule has 4 rings (SSSR count). The molecule has 3 aliphatic heterocycles. The molecule has 1 unspecified atom stereocenters. The fourth-order valence-corrected chi connectivity index (χ4v) is 4.72. The molecular weight excluding hydrogens is 412 g/mol. The van der Waals surface area contributed by atoms with Crippen LogP contribution >= 0.6 is 0 Å². The minimum absolute atomic E-state index is 0.0699. The fourth-order valence-electron chi connectivity index (χ4n) is 4.72. The first-order chi connectivity index (χ1) is 15.7. The quantitative estimate of drug-likeness (QED) is 0.622. The number of hydrogen-bond donors (Lipinski definition) is 0. The number of nitrogens with zero attached hydrogens (tertiary/aromatic N) is 4. The predicted octanol–water partition coefficient (Wildman–Crippen LogP) is 1.77. The number of likely N-dealkylation sites (tertiary alicyclic amines) is 1. The highest BCUT2D eigenvalue weighted by atomic mass is 16.6. The van der Waals surface area contributed by atoms with E-state index < -0.39 is 6.17 Å². The summed E-state index contributed by atoms with van der Waals surface area (Å²) in [4.78, 5) is 44.9. The van der Waals surface area contributed by atoms with E-state index in [-0.39, 0.29) is 24.8 Å². The Kier molecular flexibility index (Phi) is 7.59. The maximum absolute atomic E-state index is 13.3. The molecule has 3 amide bonds. The molecule has 1 aromatic carbocycles. The summed E-state index contributed by atoms with van der Waals surface area (Å²) in [5.74, 6) is 0. The summed E-state index contributed by atoms with van der Waals surface area (Å²) in [6, 6.07) is 9.61. The van der Waals surface area contributed by atoms with Crippen molar-refractivity contribution in [3.8, 4) is 0 Å². The molecule has 0 bridgehead atoms. The standard InChI is InChI=1S/C23H32N4O5/c28-17-21(24-13-15-31-16-14-24)27-10-4-9-26(22(27)29)20-7-11-25(12-8-20)23(30)32-18-19-5-2-1-3-6-19/h1-3,5-6,17,20-21H,4,7-16,18H2. The summed E-state index contributed by atoms with van der Waals surface area (Å²) in [5, 5.41) is 0. The second-order valence-corrected chi connectivity index (χ2v) is 8.48. The van der Waals surface area contributed by atoms with Gasteiger partial charge in [-0.1, -0.05) is 30.3 Å². The third-order valence-corrected chi connectivity index (χ3v) is 6.52. The number of piperidine rings is 1. The van der Waals surface area contributed by atoms with Gasteiger partial charge in [-0.3, -0.25) is 9.69 Å². The minimum atomic E-state index is -0.540. The van der Waals surface area contributed by atoms with E-state index >= 15 is 0 Å². The van der Waals surface area contributed by atoms with Gasteiger partial charge in [0.05, 0.1) is 13.2 Å². The molecule has 3 fully saturated rings. The van der Waals surface area contributed by atoms with E-state index in [1.54, 1.807) is 9.80 Å². The zero-order valence-electron chi connectivity index (χ0n) is 18.4. The van der Waals surface area contributed by atoms with Gasteiger partial charge in [-0.25, -0.2) is 9.59 Å². The summed E-state index contributed by atoms with van der Waals surface area (Å²) in [7, 11) is 0. The first kappa shape index (κ1) is 22.5. The average Bonchev–Trinajstić information content (AvgIpc) is 2.85. The zero-order valence-corrected chi connectivity index (χ0v) is 18.4. The van der Waals surface area contributed by atoms with E-state index in [4.69, 9.17) is 9.47 Å². The molecule has 0 N–H and O–H groups in total. The zero-order chi connectivity index (χ0) is 22.3. The number of morpholine rings is 1. The molecule has 9 heteroatoms. The van der Waals surface area contributed by atoms with Gasteiger partial charge < -0.3 is 24.2 Å². The third kappa shape index (κ3) is 5.21. The monoisotopic (exact) mass is 444 g/mol. The molecule has 174 valence electrons. The van der Waals surface area contributed by atoms with Crippen molar-refractivity contribution in [3.63, 3.8) is 0 Å².